The van der Waals surface area contributed by atoms with Crippen molar-refractivity contribution < 1.29 is 21.6 Å². The van der Waals surface area contributed by atoms with E-state index in [1.807, 2.05) is 0 Å². The minimum absolute atomic E-state index is 0.0330. The second kappa shape index (κ2) is 6.60. The Morgan fingerprint density at radius 1 is 1.20 bits per heavy atom. The summed E-state index contributed by atoms with van der Waals surface area (Å²) in [5.74, 6) is -0.0531. The molecule has 8 nitrogen and oxygen atoms in total. The minimum Gasteiger partial charge on any atom is -0.495 e. The van der Waals surface area contributed by atoms with Crippen molar-refractivity contribution in [2.75, 3.05) is 7.11 Å². The second-order valence-electron chi connectivity index (χ2n) is 5.58. The van der Waals surface area contributed by atoms with E-state index < -0.39 is 20.0 Å². The number of aromatic nitrogens is 2. The molecule has 1 aliphatic carbocycles. The van der Waals surface area contributed by atoms with E-state index in [0.29, 0.717) is 0 Å². The standard InChI is InChI=1S/C14H16ClN3O5S2/c1-23-12-9-10(15)5-6-13(12)24(19,20)17-25(21,22)14-7-8-16-18(14)11-3-2-4-11/h5-9,11,17H,2-4H2,1H3. The van der Waals surface area contributed by atoms with Crippen molar-refractivity contribution >= 4 is 31.6 Å². The van der Waals surface area contributed by atoms with Gasteiger partial charge in [-0.05, 0) is 37.5 Å². The molecular weight excluding hydrogens is 390 g/mol. The van der Waals surface area contributed by atoms with E-state index in [9.17, 15) is 16.8 Å². The third-order valence-corrected chi connectivity index (χ3v) is 7.75. The third-order valence-electron chi connectivity index (χ3n) is 3.96. The molecule has 11 heteroatoms. The molecule has 0 aliphatic heterocycles. The van der Waals surface area contributed by atoms with Gasteiger partial charge in [-0.2, -0.15) is 5.10 Å². The van der Waals surface area contributed by atoms with Crippen LogP contribution in [0.25, 0.3) is 0 Å². The Bertz CT molecular complexity index is 997. The van der Waals surface area contributed by atoms with Crippen LogP contribution in [0, 0.1) is 0 Å². The van der Waals surface area contributed by atoms with Crippen LogP contribution in [-0.2, 0) is 20.0 Å². The van der Waals surface area contributed by atoms with E-state index in [1.165, 1.54) is 42.3 Å². The summed E-state index contributed by atoms with van der Waals surface area (Å²) in [6.07, 6.45) is 3.93. The van der Waals surface area contributed by atoms with Crippen molar-refractivity contribution in [3.63, 3.8) is 0 Å². The van der Waals surface area contributed by atoms with Crippen LogP contribution >= 0.6 is 11.6 Å². The van der Waals surface area contributed by atoms with Gasteiger partial charge >= 0.3 is 0 Å². The molecule has 1 heterocycles. The normalized spacial score (nSPS) is 15.8. The van der Waals surface area contributed by atoms with Crippen LogP contribution in [0.3, 0.4) is 0 Å². The van der Waals surface area contributed by atoms with Gasteiger partial charge in [-0.3, -0.25) is 0 Å². The number of hydrogen-bond donors (Lipinski definition) is 1. The maximum absolute atomic E-state index is 12.6. The fourth-order valence-corrected chi connectivity index (χ4v) is 5.87. The maximum Gasteiger partial charge on any atom is 0.270 e. The number of sulfonamides is 2. The van der Waals surface area contributed by atoms with Gasteiger partial charge in [-0.15, -0.1) is 0 Å². The molecule has 0 saturated heterocycles. The predicted molar refractivity (Wildman–Crippen MR) is 90.6 cm³/mol. The van der Waals surface area contributed by atoms with Crippen LogP contribution in [-0.4, -0.2) is 33.7 Å². The molecular formula is C14H16ClN3O5S2. The fourth-order valence-electron chi connectivity index (χ4n) is 2.52. The average Bonchev–Trinajstić information content (AvgIpc) is 2.93. The van der Waals surface area contributed by atoms with Crippen molar-refractivity contribution in [2.45, 2.75) is 35.2 Å². The molecule has 2 aromatic rings. The molecule has 1 fully saturated rings. The van der Waals surface area contributed by atoms with Crippen LogP contribution in [0.15, 0.2) is 40.4 Å². The number of benzene rings is 1. The van der Waals surface area contributed by atoms with Crippen molar-refractivity contribution in [3.05, 3.63) is 35.5 Å². The van der Waals surface area contributed by atoms with Crippen LogP contribution < -0.4 is 8.86 Å². The van der Waals surface area contributed by atoms with Crippen LogP contribution in [0.2, 0.25) is 5.02 Å². The van der Waals surface area contributed by atoms with Gasteiger partial charge in [0.25, 0.3) is 20.0 Å². The molecule has 1 aromatic carbocycles. The highest BCUT2D eigenvalue weighted by atomic mass is 35.5. The molecule has 0 amide bonds. The zero-order chi connectivity index (χ0) is 18.2. The Hall–Kier alpha value is -1.62. The van der Waals surface area contributed by atoms with Gasteiger partial charge in [0, 0.05) is 11.1 Å². The van der Waals surface area contributed by atoms with E-state index in [2.05, 4.69) is 5.10 Å². The molecule has 25 heavy (non-hydrogen) atoms. The summed E-state index contributed by atoms with van der Waals surface area (Å²) in [5, 5.41) is 4.09. The number of ether oxygens (including phenoxy) is 1. The van der Waals surface area contributed by atoms with Crippen LogP contribution in [0.1, 0.15) is 25.3 Å². The zero-order valence-corrected chi connectivity index (χ0v) is 15.6. The summed E-state index contributed by atoms with van der Waals surface area (Å²) in [6, 6.07) is 5.05. The van der Waals surface area contributed by atoms with Crippen molar-refractivity contribution in [1.82, 2.24) is 13.9 Å². The number of halogens is 1. The number of nitrogens with zero attached hydrogens (tertiary/aromatic N) is 2. The Balaban J connectivity index is 1.96. The number of nitrogens with one attached hydrogen (secondary N) is 1. The minimum atomic E-state index is -4.40. The molecule has 0 spiro atoms. The van der Waals surface area contributed by atoms with Gasteiger partial charge in [0.05, 0.1) is 19.3 Å². The first-order valence-corrected chi connectivity index (χ1v) is 10.7. The quantitative estimate of drug-likeness (QED) is 0.786. The Morgan fingerprint density at radius 2 is 1.92 bits per heavy atom. The van der Waals surface area contributed by atoms with E-state index >= 15 is 0 Å². The predicted octanol–water partition coefficient (Wildman–Crippen LogP) is 1.94. The monoisotopic (exact) mass is 405 g/mol. The first-order valence-electron chi connectivity index (χ1n) is 7.40. The molecule has 3 rings (SSSR count). The van der Waals surface area contributed by atoms with E-state index in [0.717, 1.165) is 19.3 Å². The van der Waals surface area contributed by atoms with Gasteiger partial charge in [-0.1, -0.05) is 15.7 Å². The Labute approximate surface area is 150 Å². The molecule has 0 atom stereocenters. The second-order valence-corrected chi connectivity index (χ2v) is 9.56. The summed E-state index contributed by atoms with van der Waals surface area (Å²) in [6.45, 7) is 0. The highest BCUT2D eigenvalue weighted by Crippen LogP contribution is 2.33. The van der Waals surface area contributed by atoms with Gasteiger partial charge in [0.1, 0.15) is 10.6 Å². The summed E-state index contributed by atoms with van der Waals surface area (Å²) < 4.78 is 58.4. The molecule has 0 unspecified atom stereocenters. The van der Waals surface area contributed by atoms with Crippen LogP contribution in [0.4, 0.5) is 0 Å². The Kier molecular flexibility index (Phi) is 4.80. The van der Waals surface area contributed by atoms with Crippen LogP contribution in [0.5, 0.6) is 5.75 Å². The smallest absolute Gasteiger partial charge is 0.270 e. The zero-order valence-electron chi connectivity index (χ0n) is 13.2. The molecule has 1 N–H and O–H groups in total. The summed E-state index contributed by atoms with van der Waals surface area (Å²) >= 11 is 5.81. The van der Waals surface area contributed by atoms with Crippen molar-refractivity contribution in [2.24, 2.45) is 0 Å². The summed E-state index contributed by atoms with van der Waals surface area (Å²) in [7, 11) is -7.46. The summed E-state index contributed by atoms with van der Waals surface area (Å²) in [4.78, 5) is -0.322. The van der Waals surface area contributed by atoms with Crippen molar-refractivity contribution in [1.29, 1.82) is 0 Å². The molecule has 0 bridgehead atoms. The lowest BCUT2D eigenvalue weighted by molar-refractivity contribution is 0.271. The first-order chi connectivity index (χ1) is 11.7. The topological polar surface area (TPSA) is 107 Å². The first kappa shape index (κ1) is 18.2. The SMILES string of the molecule is COc1cc(Cl)ccc1S(=O)(=O)NS(=O)(=O)c1ccnn1C1CCC1. The molecule has 0 radical (unpaired) electrons. The van der Waals surface area contributed by atoms with Gasteiger partial charge in [0.15, 0.2) is 5.03 Å². The Morgan fingerprint density at radius 3 is 2.52 bits per heavy atom. The van der Waals surface area contributed by atoms with E-state index in [1.54, 1.807) is 4.13 Å². The maximum atomic E-state index is 12.6. The van der Waals surface area contributed by atoms with Crippen molar-refractivity contribution in [3.8, 4) is 5.75 Å². The molecule has 1 saturated carbocycles. The van der Waals surface area contributed by atoms with Gasteiger partial charge in [0.2, 0.25) is 0 Å². The highest BCUT2D eigenvalue weighted by Gasteiger charge is 2.32. The number of hydrogen-bond acceptors (Lipinski definition) is 6. The average molecular weight is 406 g/mol. The van der Waals surface area contributed by atoms with E-state index in [4.69, 9.17) is 16.3 Å². The lowest BCUT2D eigenvalue weighted by Crippen LogP contribution is -2.33. The molecule has 136 valence electrons. The van der Waals surface area contributed by atoms with E-state index in [-0.39, 0.29) is 26.7 Å². The number of methoxy groups -OCH3 is 1. The molecule has 1 aromatic heterocycles. The third kappa shape index (κ3) is 3.52. The highest BCUT2D eigenvalue weighted by molar-refractivity contribution is 8.04. The summed E-state index contributed by atoms with van der Waals surface area (Å²) in [5.41, 5.74) is 0. The lowest BCUT2D eigenvalue weighted by atomic mass is 9.93. The van der Waals surface area contributed by atoms with Gasteiger partial charge in [-0.25, -0.2) is 21.5 Å². The fraction of sp³-hybridized carbons (Fsp3) is 0.357. The molecule has 1 aliphatic rings. The lowest BCUT2D eigenvalue weighted by Gasteiger charge is -2.27. The number of rotatable bonds is 6. The van der Waals surface area contributed by atoms with Gasteiger partial charge < -0.3 is 4.74 Å². The largest absolute Gasteiger partial charge is 0.495 e.